The maximum Gasteiger partial charge on any atom is 0.228 e. The number of likely N-dealkylation sites (N-methyl/N-ethyl adjacent to an activating group) is 1. The first kappa shape index (κ1) is 19.6. The molecule has 2 aliphatic heterocycles. The van der Waals surface area contributed by atoms with Crippen molar-refractivity contribution in [3.63, 3.8) is 0 Å². The van der Waals surface area contributed by atoms with Crippen molar-refractivity contribution in [2.24, 2.45) is 0 Å². The molecule has 0 spiro atoms. The van der Waals surface area contributed by atoms with Crippen LogP contribution in [0.5, 0.6) is 0 Å². The van der Waals surface area contributed by atoms with Crippen molar-refractivity contribution in [1.29, 1.82) is 0 Å². The molecule has 2 aromatic rings. The maximum absolute atomic E-state index is 13.1. The van der Waals surface area contributed by atoms with Crippen LogP contribution in [0.1, 0.15) is 29.2 Å². The quantitative estimate of drug-likeness (QED) is 0.787. The van der Waals surface area contributed by atoms with Gasteiger partial charge in [-0.15, -0.1) is 0 Å². The highest BCUT2D eigenvalue weighted by molar-refractivity contribution is 5.99. The third-order valence-corrected chi connectivity index (χ3v) is 5.87. The molecule has 1 fully saturated rings. The van der Waals surface area contributed by atoms with E-state index in [4.69, 9.17) is 0 Å². The van der Waals surface area contributed by atoms with E-state index in [-0.39, 0.29) is 24.0 Å². The standard InChI is InChI=1S/C23H27N3O3/c1-25(23(29)12-16-7-8-20-18(11-16)13-22(28)24-20)21(17-5-3-2-4-6-17)15-26-10-9-19(27)14-26/h2-8,11,19,21,27H,9-10,12-15H2,1H3,(H,24,28)/t19-,21?/m0/s1. The first-order chi connectivity index (χ1) is 14.0. The number of nitrogens with zero attached hydrogens (tertiary/aromatic N) is 2. The molecule has 2 heterocycles. The van der Waals surface area contributed by atoms with Crippen LogP contribution in [0.2, 0.25) is 0 Å². The molecule has 2 aliphatic rings. The van der Waals surface area contributed by atoms with E-state index in [1.54, 1.807) is 0 Å². The maximum atomic E-state index is 13.1. The van der Waals surface area contributed by atoms with E-state index < -0.39 is 0 Å². The molecule has 0 aromatic heterocycles. The van der Waals surface area contributed by atoms with Crippen molar-refractivity contribution in [1.82, 2.24) is 9.80 Å². The smallest absolute Gasteiger partial charge is 0.228 e. The Balaban J connectivity index is 1.49. The Kier molecular flexibility index (Phi) is 5.65. The number of aliphatic hydroxyl groups excluding tert-OH is 1. The molecule has 2 N–H and O–H groups in total. The lowest BCUT2D eigenvalue weighted by molar-refractivity contribution is -0.131. The minimum Gasteiger partial charge on any atom is -0.392 e. The van der Waals surface area contributed by atoms with Gasteiger partial charge in [0, 0.05) is 32.4 Å². The summed E-state index contributed by atoms with van der Waals surface area (Å²) in [5.74, 6) is 0.0355. The van der Waals surface area contributed by atoms with Gasteiger partial charge in [0.2, 0.25) is 11.8 Å². The Morgan fingerprint density at radius 3 is 2.79 bits per heavy atom. The van der Waals surface area contributed by atoms with Crippen molar-refractivity contribution in [2.45, 2.75) is 31.4 Å². The number of hydrogen-bond acceptors (Lipinski definition) is 4. The lowest BCUT2D eigenvalue weighted by Crippen LogP contribution is -2.39. The lowest BCUT2D eigenvalue weighted by atomic mass is 10.0. The summed E-state index contributed by atoms with van der Waals surface area (Å²) in [5, 5.41) is 12.7. The van der Waals surface area contributed by atoms with Crippen molar-refractivity contribution in [3.05, 3.63) is 65.2 Å². The van der Waals surface area contributed by atoms with Crippen LogP contribution < -0.4 is 5.32 Å². The summed E-state index contributed by atoms with van der Waals surface area (Å²) in [5.41, 5.74) is 3.80. The van der Waals surface area contributed by atoms with Crippen molar-refractivity contribution in [3.8, 4) is 0 Å². The van der Waals surface area contributed by atoms with Crippen molar-refractivity contribution in [2.75, 3.05) is 32.0 Å². The predicted molar refractivity (Wildman–Crippen MR) is 111 cm³/mol. The Bertz CT molecular complexity index is 899. The van der Waals surface area contributed by atoms with Crippen LogP contribution in [-0.4, -0.2) is 59.5 Å². The number of carbonyl (C=O) groups excluding carboxylic acids is 2. The van der Waals surface area contributed by atoms with Gasteiger partial charge in [0.25, 0.3) is 0 Å². The SMILES string of the molecule is CN(C(=O)Cc1ccc2c(c1)CC(=O)N2)C(CN1CC[C@H](O)C1)c1ccccc1. The molecule has 0 radical (unpaired) electrons. The number of anilines is 1. The topological polar surface area (TPSA) is 72.9 Å². The molecule has 2 amide bonds. The number of carbonyl (C=O) groups is 2. The second-order valence-electron chi connectivity index (χ2n) is 8.03. The van der Waals surface area contributed by atoms with Crippen molar-refractivity contribution >= 4 is 17.5 Å². The van der Waals surface area contributed by atoms with Crippen LogP contribution >= 0.6 is 0 Å². The molecular formula is C23H27N3O3. The molecule has 0 bridgehead atoms. The summed E-state index contributed by atoms with van der Waals surface area (Å²) in [6, 6.07) is 15.7. The number of fused-ring (bicyclic) bond motifs is 1. The first-order valence-electron chi connectivity index (χ1n) is 10.1. The van der Waals surface area contributed by atoms with Crippen LogP contribution in [0.15, 0.2) is 48.5 Å². The fourth-order valence-corrected chi connectivity index (χ4v) is 4.22. The number of likely N-dealkylation sites (tertiary alicyclic amines) is 1. The highest BCUT2D eigenvalue weighted by Gasteiger charge is 2.28. The molecule has 2 atom stereocenters. The third kappa shape index (κ3) is 4.49. The Hall–Kier alpha value is -2.70. The Morgan fingerprint density at radius 1 is 1.28 bits per heavy atom. The molecule has 1 unspecified atom stereocenters. The van der Waals surface area contributed by atoms with Gasteiger partial charge in [-0.25, -0.2) is 0 Å². The molecule has 29 heavy (non-hydrogen) atoms. The van der Waals surface area contributed by atoms with Gasteiger partial charge in [-0.1, -0.05) is 42.5 Å². The molecule has 6 heteroatoms. The van der Waals surface area contributed by atoms with Gasteiger partial charge < -0.3 is 15.3 Å². The zero-order valence-corrected chi connectivity index (χ0v) is 16.7. The number of hydrogen-bond donors (Lipinski definition) is 2. The van der Waals surface area contributed by atoms with Gasteiger partial charge in [-0.3, -0.25) is 14.5 Å². The third-order valence-electron chi connectivity index (χ3n) is 5.87. The van der Waals surface area contributed by atoms with Gasteiger partial charge in [-0.2, -0.15) is 0 Å². The summed E-state index contributed by atoms with van der Waals surface area (Å²) >= 11 is 0. The second kappa shape index (κ2) is 8.35. The number of nitrogens with one attached hydrogen (secondary N) is 1. The minimum absolute atomic E-state index is 0.00228. The molecule has 6 nitrogen and oxygen atoms in total. The monoisotopic (exact) mass is 393 g/mol. The van der Waals surface area contributed by atoms with E-state index in [9.17, 15) is 14.7 Å². The number of aliphatic hydroxyl groups is 1. The zero-order valence-electron chi connectivity index (χ0n) is 16.7. The molecule has 152 valence electrons. The van der Waals surface area contributed by atoms with Gasteiger partial charge in [0.05, 0.1) is 25.0 Å². The summed E-state index contributed by atoms with van der Waals surface area (Å²) in [7, 11) is 1.85. The van der Waals surface area contributed by atoms with Gasteiger partial charge >= 0.3 is 0 Å². The lowest BCUT2D eigenvalue weighted by Gasteiger charge is -2.32. The summed E-state index contributed by atoms with van der Waals surface area (Å²) in [4.78, 5) is 28.7. The fraction of sp³-hybridized carbons (Fsp3) is 0.391. The average molecular weight is 393 g/mol. The van der Waals surface area contributed by atoms with Crippen LogP contribution in [0.4, 0.5) is 5.69 Å². The summed E-state index contributed by atoms with van der Waals surface area (Å²) in [6.45, 7) is 2.20. The number of rotatable bonds is 6. The van der Waals surface area contributed by atoms with E-state index in [0.717, 1.165) is 35.3 Å². The first-order valence-corrected chi connectivity index (χ1v) is 10.1. The minimum atomic E-state index is -0.282. The summed E-state index contributed by atoms with van der Waals surface area (Å²) in [6.07, 6.45) is 1.16. The van der Waals surface area contributed by atoms with E-state index in [1.807, 2.05) is 60.5 Å². The predicted octanol–water partition coefficient (Wildman–Crippen LogP) is 1.99. The molecule has 0 aliphatic carbocycles. The normalized spacial score (nSPS) is 19.7. The highest BCUT2D eigenvalue weighted by atomic mass is 16.3. The fourth-order valence-electron chi connectivity index (χ4n) is 4.22. The van der Waals surface area contributed by atoms with Gasteiger partial charge in [0.15, 0.2) is 0 Å². The number of β-amino-alcohol motifs (C(OH)–C–C–N with tert-alkyl or cyclic N) is 1. The van der Waals surface area contributed by atoms with Crippen molar-refractivity contribution < 1.29 is 14.7 Å². The summed E-state index contributed by atoms with van der Waals surface area (Å²) < 4.78 is 0. The van der Waals surface area contributed by atoms with E-state index in [0.29, 0.717) is 25.9 Å². The van der Waals surface area contributed by atoms with Crippen LogP contribution in [0, 0.1) is 0 Å². The molecule has 0 saturated carbocycles. The van der Waals surface area contributed by atoms with E-state index in [2.05, 4.69) is 10.2 Å². The van der Waals surface area contributed by atoms with Gasteiger partial charge in [0.1, 0.15) is 0 Å². The average Bonchev–Trinajstić information content (AvgIpc) is 3.30. The van der Waals surface area contributed by atoms with E-state index in [1.165, 1.54) is 0 Å². The Labute approximate surface area is 171 Å². The molecule has 1 saturated heterocycles. The molecular weight excluding hydrogens is 366 g/mol. The Morgan fingerprint density at radius 2 is 2.07 bits per heavy atom. The van der Waals surface area contributed by atoms with Crippen LogP contribution in [-0.2, 0) is 22.4 Å². The van der Waals surface area contributed by atoms with Crippen LogP contribution in [0.3, 0.4) is 0 Å². The van der Waals surface area contributed by atoms with E-state index >= 15 is 0 Å². The number of amides is 2. The number of benzene rings is 2. The zero-order chi connectivity index (χ0) is 20.4. The molecule has 2 aromatic carbocycles. The van der Waals surface area contributed by atoms with Crippen LogP contribution in [0.25, 0.3) is 0 Å². The second-order valence-corrected chi connectivity index (χ2v) is 8.03. The van der Waals surface area contributed by atoms with Gasteiger partial charge in [-0.05, 0) is 29.2 Å². The molecule has 4 rings (SSSR count). The largest absolute Gasteiger partial charge is 0.392 e. The highest BCUT2D eigenvalue weighted by Crippen LogP contribution is 2.26.